The molecule has 112 valence electrons. The summed E-state index contributed by atoms with van der Waals surface area (Å²) in [7, 11) is 1.81. The normalized spacial score (nSPS) is 13.1. The molecule has 0 aromatic rings. The molecule has 0 saturated carbocycles. The van der Waals surface area contributed by atoms with Crippen molar-refractivity contribution in [2.45, 2.75) is 46.5 Å². The highest BCUT2D eigenvalue weighted by Gasteiger charge is 2.24. The Morgan fingerprint density at radius 2 is 1.74 bits per heavy atom. The van der Waals surface area contributed by atoms with Crippen LogP contribution >= 0.6 is 0 Å². The van der Waals surface area contributed by atoms with Crippen molar-refractivity contribution < 1.29 is 14.7 Å². The van der Waals surface area contributed by atoms with Crippen molar-refractivity contribution in [1.82, 2.24) is 10.6 Å². The van der Waals surface area contributed by atoms with E-state index >= 15 is 0 Å². The number of nitrogens with one attached hydrogen (secondary N) is 2. The van der Waals surface area contributed by atoms with Gasteiger partial charge < -0.3 is 15.7 Å². The quantitative estimate of drug-likeness (QED) is 0.596. The van der Waals surface area contributed by atoms with E-state index in [1.54, 1.807) is 0 Å². The number of aliphatic carboxylic acids is 1. The SMILES string of the molecule is CNCCC(=O)NCCC(CCC(=O)O)C(C)(C)C. The number of hydrogen-bond acceptors (Lipinski definition) is 3. The molecule has 0 aliphatic rings. The Balaban J connectivity index is 4.06. The third kappa shape index (κ3) is 9.47. The first-order chi connectivity index (χ1) is 8.77. The smallest absolute Gasteiger partial charge is 0.303 e. The summed E-state index contributed by atoms with van der Waals surface area (Å²) in [6.45, 7) is 7.63. The van der Waals surface area contributed by atoms with Gasteiger partial charge in [0, 0.05) is 25.9 Å². The maximum atomic E-state index is 11.5. The maximum absolute atomic E-state index is 11.5. The van der Waals surface area contributed by atoms with Gasteiger partial charge in [0.1, 0.15) is 0 Å². The lowest BCUT2D eigenvalue weighted by Gasteiger charge is -2.30. The second-order valence-electron chi connectivity index (χ2n) is 5.99. The van der Waals surface area contributed by atoms with Crippen LogP contribution in [0.15, 0.2) is 0 Å². The van der Waals surface area contributed by atoms with Crippen molar-refractivity contribution in [1.29, 1.82) is 0 Å². The summed E-state index contributed by atoms with van der Waals surface area (Å²) in [5, 5.41) is 14.6. The largest absolute Gasteiger partial charge is 0.481 e. The molecule has 0 bridgehead atoms. The molecule has 0 rings (SSSR count). The second-order valence-corrected chi connectivity index (χ2v) is 5.99. The summed E-state index contributed by atoms with van der Waals surface area (Å²) < 4.78 is 0. The molecular formula is C14H28N2O3. The van der Waals surface area contributed by atoms with E-state index in [-0.39, 0.29) is 17.7 Å². The molecule has 5 heteroatoms. The predicted octanol–water partition coefficient (Wildman–Crippen LogP) is 1.63. The Morgan fingerprint density at radius 1 is 1.11 bits per heavy atom. The van der Waals surface area contributed by atoms with Gasteiger partial charge in [0.15, 0.2) is 0 Å². The zero-order chi connectivity index (χ0) is 14.9. The first kappa shape index (κ1) is 17.9. The Morgan fingerprint density at radius 3 is 2.21 bits per heavy atom. The van der Waals surface area contributed by atoms with Gasteiger partial charge in [0.2, 0.25) is 5.91 Å². The topological polar surface area (TPSA) is 78.4 Å². The monoisotopic (exact) mass is 272 g/mol. The Hall–Kier alpha value is -1.10. The van der Waals surface area contributed by atoms with Crippen LogP contribution in [0.25, 0.3) is 0 Å². The van der Waals surface area contributed by atoms with Crippen LogP contribution in [-0.2, 0) is 9.59 Å². The van der Waals surface area contributed by atoms with Crippen molar-refractivity contribution in [3.63, 3.8) is 0 Å². The second kappa shape index (κ2) is 8.91. The van der Waals surface area contributed by atoms with Crippen molar-refractivity contribution in [2.75, 3.05) is 20.1 Å². The highest BCUT2D eigenvalue weighted by molar-refractivity contribution is 5.75. The first-order valence-electron chi connectivity index (χ1n) is 6.90. The number of carboxylic acid groups (broad SMARTS) is 1. The van der Waals surface area contributed by atoms with Crippen LogP contribution in [0.4, 0.5) is 0 Å². The Kier molecular flexibility index (Phi) is 8.39. The fourth-order valence-corrected chi connectivity index (χ4v) is 2.02. The highest BCUT2D eigenvalue weighted by atomic mass is 16.4. The first-order valence-corrected chi connectivity index (χ1v) is 6.90. The summed E-state index contributed by atoms with van der Waals surface area (Å²) in [5.74, 6) is -0.416. The van der Waals surface area contributed by atoms with Crippen LogP contribution in [0.1, 0.15) is 46.5 Å². The molecule has 0 heterocycles. The molecule has 0 aromatic heterocycles. The number of hydrogen-bond donors (Lipinski definition) is 3. The minimum atomic E-state index is -0.757. The molecular weight excluding hydrogens is 244 g/mol. The molecule has 0 aromatic carbocycles. The van der Waals surface area contributed by atoms with E-state index in [9.17, 15) is 9.59 Å². The van der Waals surface area contributed by atoms with Crippen LogP contribution in [0, 0.1) is 11.3 Å². The number of carbonyl (C=O) groups is 2. The van der Waals surface area contributed by atoms with Gasteiger partial charge in [0.25, 0.3) is 0 Å². The molecule has 0 fully saturated rings. The van der Waals surface area contributed by atoms with Gasteiger partial charge >= 0.3 is 5.97 Å². The molecule has 0 spiro atoms. The summed E-state index contributed by atoms with van der Waals surface area (Å²) in [5.41, 5.74) is 0.0607. The molecule has 0 aliphatic heterocycles. The highest BCUT2D eigenvalue weighted by Crippen LogP contribution is 2.32. The van der Waals surface area contributed by atoms with E-state index in [1.807, 2.05) is 7.05 Å². The van der Waals surface area contributed by atoms with Crippen LogP contribution in [0.2, 0.25) is 0 Å². The lowest BCUT2D eigenvalue weighted by Crippen LogP contribution is -2.31. The van der Waals surface area contributed by atoms with E-state index in [2.05, 4.69) is 31.4 Å². The van der Waals surface area contributed by atoms with E-state index in [1.165, 1.54) is 0 Å². The van der Waals surface area contributed by atoms with Crippen molar-refractivity contribution in [3.05, 3.63) is 0 Å². The molecule has 3 N–H and O–H groups in total. The van der Waals surface area contributed by atoms with E-state index in [4.69, 9.17) is 5.11 Å². The molecule has 0 radical (unpaired) electrons. The third-order valence-corrected chi connectivity index (χ3v) is 3.35. The molecule has 5 nitrogen and oxygen atoms in total. The van der Waals surface area contributed by atoms with Crippen molar-refractivity contribution in [3.8, 4) is 0 Å². The van der Waals surface area contributed by atoms with Crippen LogP contribution in [-0.4, -0.2) is 37.1 Å². The van der Waals surface area contributed by atoms with Gasteiger partial charge in [-0.1, -0.05) is 20.8 Å². The number of carboxylic acids is 1. The van der Waals surface area contributed by atoms with Crippen LogP contribution in [0.5, 0.6) is 0 Å². The number of rotatable bonds is 9. The van der Waals surface area contributed by atoms with Crippen molar-refractivity contribution in [2.24, 2.45) is 11.3 Å². The van der Waals surface area contributed by atoms with Gasteiger partial charge in [0.05, 0.1) is 0 Å². The minimum Gasteiger partial charge on any atom is -0.481 e. The van der Waals surface area contributed by atoms with E-state index in [0.29, 0.717) is 31.8 Å². The average molecular weight is 272 g/mol. The Bertz CT molecular complexity index is 285. The Labute approximate surface area is 116 Å². The lowest BCUT2D eigenvalue weighted by molar-refractivity contribution is -0.137. The molecule has 1 unspecified atom stereocenters. The molecule has 1 atom stereocenters. The molecule has 1 amide bonds. The van der Waals surface area contributed by atoms with Crippen LogP contribution < -0.4 is 10.6 Å². The predicted molar refractivity (Wildman–Crippen MR) is 76.0 cm³/mol. The van der Waals surface area contributed by atoms with Gasteiger partial charge in [-0.25, -0.2) is 0 Å². The van der Waals surface area contributed by atoms with E-state index < -0.39 is 5.97 Å². The van der Waals surface area contributed by atoms with Crippen molar-refractivity contribution >= 4 is 11.9 Å². The van der Waals surface area contributed by atoms with Gasteiger partial charge in [-0.3, -0.25) is 9.59 Å². The summed E-state index contributed by atoms with van der Waals surface area (Å²) >= 11 is 0. The standard InChI is InChI=1S/C14H28N2O3/c1-14(2,3)11(5-6-13(18)19)7-10-16-12(17)8-9-15-4/h11,15H,5-10H2,1-4H3,(H,16,17)(H,18,19). The molecule has 0 aliphatic carbocycles. The summed E-state index contributed by atoms with van der Waals surface area (Å²) in [4.78, 5) is 22.1. The molecule has 19 heavy (non-hydrogen) atoms. The van der Waals surface area contributed by atoms with E-state index in [0.717, 1.165) is 6.42 Å². The van der Waals surface area contributed by atoms with Crippen LogP contribution in [0.3, 0.4) is 0 Å². The maximum Gasteiger partial charge on any atom is 0.303 e. The third-order valence-electron chi connectivity index (χ3n) is 3.35. The zero-order valence-corrected chi connectivity index (χ0v) is 12.6. The minimum absolute atomic E-state index is 0.0419. The van der Waals surface area contributed by atoms with Gasteiger partial charge in [-0.2, -0.15) is 0 Å². The number of carbonyl (C=O) groups excluding carboxylic acids is 1. The van der Waals surface area contributed by atoms with Gasteiger partial charge in [-0.05, 0) is 31.2 Å². The summed E-state index contributed by atoms with van der Waals surface area (Å²) in [6.07, 6.45) is 2.15. The fourth-order valence-electron chi connectivity index (χ4n) is 2.02. The average Bonchev–Trinajstić information content (AvgIpc) is 2.28. The van der Waals surface area contributed by atoms with Gasteiger partial charge in [-0.15, -0.1) is 0 Å². The zero-order valence-electron chi connectivity index (χ0n) is 12.6. The number of amides is 1. The lowest BCUT2D eigenvalue weighted by atomic mass is 9.76. The molecule has 0 saturated heterocycles. The summed E-state index contributed by atoms with van der Waals surface area (Å²) in [6, 6.07) is 0. The fraction of sp³-hybridized carbons (Fsp3) is 0.857.